The molecule has 0 N–H and O–H groups in total. The lowest BCUT2D eigenvalue weighted by molar-refractivity contribution is 0.227. The van der Waals surface area contributed by atoms with Crippen LogP contribution in [0.1, 0.15) is 34.1 Å². The highest BCUT2D eigenvalue weighted by Gasteiger charge is 2.21. The van der Waals surface area contributed by atoms with Crippen molar-refractivity contribution in [2.45, 2.75) is 40.2 Å². The molecule has 1 nitrogen and oxygen atoms in total. The molecule has 1 heteroatoms. The van der Waals surface area contributed by atoms with Crippen LogP contribution in [0.2, 0.25) is 0 Å². The molecule has 1 atom stereocenters. The number of nitrogens with zero attached hydrogens (tertiary/aromatic N) is 1. The maximum atomic E-state index is 2.55. The van der Waals surface area contributed by atoms with Gasteiger partial charge in [-0.1, -0.05) is 32.4 Å². The fraction of sp³-hybridized carbons (Fsp3) is 0.818. The quantitative estimate of drug-likeness (QED) is 0.572. The number of hydrogen-bond donors (Lipinski definition) is 0. The molecule has 0 saturated carbocycles. The van der Waals surface area contributed by atoms with Crippen molar-refractivity contribution in [3.63, 3.8) is 0 Å². The van der Waals surface area contributed by atoms with E-state index in [1.165, 1.54) is 19.5 Å². The van der Waals surface area contributed by atoms with E-state index in [9.17, 15) is 0 Å². The average molecular weight is 167 g/mol. The lowest BCUT2D eigenvalue weighted by Crippen LogP contribution is -2.38. The highest BCUT2D eigenvalue weighted by molar-refractivity contribution is 5.15. The maximum Gasteiger partial charge on any atom is 0.0281 e. The molecule has 70 valence electrons. The van der Waals surface area contributed by atoms with Crippen molar-refractivity contribution in [1.82, 2.24) is 4.90 Å². The Morgan fingerprint density at radius 3 is 2.75 bits per heavy atom. The van der Waals surface area contributed by atoms with Crippen LogP contribution in [-0.4, -0.2) is 24.0 Å². The minimum Gasteiger partial charge on any atom is -0.297 e. The van der Waals surface area contributed by atoms with Crippen LogP contribution in [0.25, 0.3) is 0 Å². The molecule has 0 radical (unpaired) electrons. The fourth-order valence-corrected chi connectivity index (χ4v) is 2.12. The van der Waals surface area contributed by atoms with Crippen LogP contribution in [0.15, 0.2) is 11.6 Å². The van der Waals surface area contributed by atoms with Gasteiger partial charge >= 0.3 is 0 Å². The first-order valence-corrected chi connectivity index (χ1v) is 5.10. The first-order valence-electron chi connectivity index (χ1n) is 5.10. The molecule has 1 aliphatic rings. The van der Waals surface area contributed by atoms with Gasteiger partial charge in [0.1, 0.15) is 0 Å². The molecule has 0 amide bonds. The third-order valence-corrected chi connectivity index (χ3v) is 2.90. The van der Waals surface area contributed by atoms with Gasteiger partial charge in [-0.15, -0.1) is 0 Å². The molecular formula is C11H21N. The maximum absolute atomic E-state index is 2.55. The van der Waals surface area contributed by atoms with Crippen molar-refractivity contribution in [2.24, 2.45) is 5.92 Å². The lowest BCUT2D eigenvalue weighted by Gasteiger charge is -2.35. The zero-order valence-corrected chi connectivity index (χ0v) is 8.80. The predicted molar refractivity (Wildman–Crippen MR) is 54.2 cm³/mol. The molecule has 0 bridgehead atoms. The first kappa shape index (κ1) is 9.79. The third-order valence-electron chi connectivity index (χ3n) is 2.90. The normalized spacial score (nSPS) is 26.1. The Morgan fingerprint density at radius 2 is 2.25 bits per heavy atom. The van der Waals surface area contributed by atoms with E-state index in [0.29, 0.717) is 12.0 Å². The van der Waals surface area contributed by atoms with Crippen LogP contribution in [0.5, 0.6) is 0 Å². The highest BCUT2D eigenvalue weighted by atomic mass is 15.1. The Morgan fingerprint density at radius 1 is 1.58 bits per heavy atom. The van der Waals surface area contributed by atoms with Gasteiger partial charge in [0.2, 0.25) is 0 Å². The van der Waals surface area contributed by atoms with Crippen LogP contribution < -0.4 is 0 Å². The molecular weight excluding hydrogens is 146 g/mol. The summed E-state index contributed by atoms with van der Waals surface area (Å²) in [7, 11) is 0. The summed E-state index contributed by atoms with van der Waals surface area (Å²) in [5.74, 6) is 0.717. The molecule has 0 aromatic heterocycles. The van der Waals surface area contributed by atoms with E-state index in [4.69, 9.17) is 0 Å². The molecule has 0 saturated heterocycles. The Balaban J connectivity index is 2.68. The summed E-state index contributed by atoms with van der Waals surface area (Å²) in [6.07, 6.45) is 3.67. The van der Waals surface area contributed by atoms with E-state index in [0.717, 1.165) is 0 Å². The van der Waals surface area contributed by atoms with Gasteiger partial charge in [-0.05, 0) is 25.8 Å². The van der Waals surface area contributed by atoms with Crippen LogP contribution in [-0.2, 0) is 0 Å². The second kappa shape index (κ2) is 4.08. The van der Waals surface area contributed by atoms with E-state index >= 15 is 0 Å². The molecule has 0 aromatic rings. The highest BCUT2D eigenvalue weighted by Crippen LogP contribution is 2.23. The number of rotatable bonds is 2. The molecule has 12 heavy (non-hydrogen) atoms. The lowest BCUT2D eigenvalue weighted by atomic mass is 9.92. The fourth-order valence-electron chi connectivity index (χ4n) is 2.12. The smallest absolute Gasteiger partial charge is 0.0281 e. The van der Waals surface area contributed by atoms with Gasteiger partial charge < -0.3 is 0 Å². The summed E-state index contributed by atoms with van der Waals surface area (Å²) in [6.45, 7) is 11.6. The van der Waals surface area contributed by atoms with Gasteiger partial charge in [-0.2, -0.15) is 0 Å². The summed E-state index contributed by atoms with van der Waals surface area (Å²) in [5.41, 5.74) is 1.63. The van der Waals surface area contributed by atoms with E-state index < -0.39 is 0 Å². The summed E-state index contributed by atoms with van der Waals surface area (Å²) in [4.78, 5) is 2.55. The summed E-state index contributed by atoms with van der Waals surface area (Å²) >= 11 is 0. The third kappa shape index (κ3) is 1.89. The number of likely N-dealkylation sites (N-methyl/N-ethyl adjacent to an activating group) is 1. The van der Waals surface area contributed by atoms with Crippen LogP contribution in [0, 0.1) is 5.92 Å². The molecule has 1 aliphatic heterocycles. The first-order chi connectivity index (χ1) is 5.66. The Bertz CT molecular complexity index is 170. The SMILES string of the molecule is CCN1CCC=C(C(C)C)[C@H]1C. The summed E-state index contributed by atoms with van der Waals surface area (Å²) in [6, 6.07) is 0.670. The van der Waals surface area contributed by atoms with Crippen LogP contribution >= 0.6 is 0 Å². The minimum absolute atomic E-state index is 0.670. The molecule has 0 unspecified atom stereocenters. The van der Waals surface area contributed by atoms with Crippen molar-refractivity contribution in [3.8, 4) is 0 Å². The van der Waals surface area contributed by atoms with Gasteiger partial charge in [-0.25, -0.2) is 0 Å². The van der Waals surface area contributed by atoms with E-state index in [1.807, 2.05) is 0 Å². The predicted octanol–water partition coefficient (Wildman–Crippen LogP) is 2.68. The van der Waals surface area contributed by atoms with E-state index in [1.54, 1.807) is 5.57 Å². The molecule has 0 aliphatic carbocycles. The average Bonchev–Trinajstić information content (AvgIpc) is 2.04. The Kier molecular flexibility index (Phi) is 3.33. The standard InChI is InChI=1S/C11H21N/c1-5-12-8-6-7-11(9(2)3)10(12)4/h7,9-10H,5-6,8H2,1-4H3/t10-/m1/s1. The van der Waals surface area contributed by atoms with Crippen molar-refractivity contribution in [1.29, 1.82) is 0 Å². The Labute approximate surface area is 76.5 Å². The van der Waals surface area contributed by atoms with Crippen LogP contribution in [0.3, 0.4) is 0 Å². The van der Waals surface area contributed by atoms with Crippen molar-refractivity contribution < 1.29 is 0 Å². The van der Waals surface area contributed by atoms with Gasteiger partial charge in [0, 0.05) is 12.6 Å². The minimum atomic E-state index is 0.670. The molecule has 0 aromatic carbocycles. The molecule has 1 rings (SSSR count). The second-order valence-corrected chi connectivity index (χ2v) is 3.95. The molecule has 0 spiro atoms. The monoisotopic (exact) mass is 167 g/mol. The second-order valence-electron chi connectivity index (χ2n) is 3.95. The summed E-state index contributed by atoms with van der Waals surface area (Å²) in [5, 5.41) is 0. The largest absolute Gasteiger partial charge is 0.297 e. The zero-order valence-electron chi connectivity index (χ0n) is 8.80. The topological polar surface area (TPSA) is 3.24 Å². The molecule has 0 fully saturated rings. The van der Waals surface area contributed by atoms with Gasteiger partial charge in [-0.3, -0.25) is 4.90 Å². The zero-order chi connectivity index (χ0) is 9.14. The summed E-state index contributed by atoms with van der Waals surface area (Å²) < 4.78 is 0. The van der Waals surface area contributed by atoms with Crippen LogP contribution in [0.4, 0.5) is 0 Å². The Hall–Kier alpha value is -0.300. The van der Waals surface area contributed by atoms with Crippen molar-refractivity contribution >= 4 is 0 Å². The molecule has 1 heterocycles. The van der Waals surface area contributed by atoms with Gasteiger partial charge in [0.25, 0.3) is 0 Å². The van der Waals surface area contributed by atoms with E-state index in [2.05, 4.69) is 38.7 Å². The van der Waals surface area contributed by atoms with Crippen molar-refractivity contribution in [3.05, 3.63) is 11.6 Å². The van der Waals surface area contributed by atoms with Gasteiger partial charge in [0.05, 0.1) is 0 Å². The van der Waals surface area contributed by atoms with Gasteiger partial charge in [0.15, 0.2) is 0 Å². The number of hydrogen-bond acceptors (Lipinski definition) is 1. The van der Waals surface area contributed by atoms with E-state index in [-0.39, 0.29) is 0 Å². The van der Waals surface area contributed by atoms with Crippen molar-refractivity contribution in [2.75, 3.05) is 13.1 Å².